The van der Waals surface area contributed by atoms with E-state index >= 15 is 0 Å². The van der Waals surface area contributed by atoms with Crippen LogP contribution in [0.4, 0.5) is 4.79 Å². The van der Waals surface area contributed by atoms with Crippen molar-refractivity contribution in [2.24, 2.45) is 5.73 Å². The molecule has 1 aliphatic carbocycles. The van der Waals surface area contributed by atoms with Crippen molar-refractivity contribution in [3.63, 3.8) is 0 Å². The Balaban J connectivity index is 1.88. The largest absolute Gasteiger partial charge is 0.492 e. The van der Waals surface area contributed by atoms with Crippen molar-refractivity contribution < 1.29 is 23.1 Å². The van der Waals surface area contributed by atoms with Crippen LogP contribution in [0.1, 0.15) is 57.4 Å². The van der Waals surface area contributed by atoms with Crippen molar-refractivity contribution >= 4 is 27.5 Å². The fraction of sp³-hybridized carbons (Fsp3) is 0.545. The van der Waals surface area contributed by atoms with Gasteiger partial charge in [0.05, 0.1) is 14.8 Å². The molecule has 1 aromatic carbocycles. The molecule has 0 radical (unpaired) electrons. The lowest BCUT2D eigenvalue weighted by Crippen LogP contribution is -2.40. The Bertz CT molecular complexity index is 1070. The summed E-state index contributed by atoms with van der Waals surface area (Å²) in [5.41, 5.74) is 5.43. The number of rotatable bonds is 8. The Kier molecular flexibility index (Phi) is 7.99. The molecule has 1 aliphatic rings. The number of nitrogens with one attached hydrogen (secondary N) is 2. The molecule has 182 valence electrons. The number of hydrogen-bond donors (Lipinski definition) is 4. The first-order valence-electron chi connectivity index (χ1n) is 10.9. The number of ether oxygens (including phenoxy) is 1. The highest BCUT2D eigenvalue weighted by Gasteiger charge is 2.28. The molecular weight excluding hydrogens is 464 g/mol. The summed E-state index contributed by atoms with van der Waals surface area (Å²) < 4.78 is 34.8. The molecule has 0 atom stereocenters. The van der Waals surface area contributed by atoms with Crippen LogP contribution < -0.4 is 20.5 Å². The van der Waals surface area contributed by atoms with Gasteiger partial charge in [-0.3, -0.25) is 0 Å². The van der Waals surface area contributed by atoms with E-state index in [0.717, 1.165) is 35.6 Å². The van der Waals surface area contributed by atoms with Crippen LogP contribution in [0.25, 0.3) is 10.4 Å². The Hall–Kier alpha value is -2.21. The summed E-state index contributed by atoms with van der Waals surface area (Å²) in [6, 6.07) is 4.98. The van der Waals surface area contributed by atoms with Crippen LogP contribution in [0.5, 0.6) is 5.75 Å². The van der Waals surface area contributed by atoms with Crippen molar-refractivity contribution in [1.82, 2.24) is 15.0 Å². The maximum absolute atomic E-state index is 13.2. The summed E-state index contributed by atoms with van der Waals surface area (Å²) in [6.45, 7) is 5.99. The van der Waals surface area contributed by atoms with Gasteiger partial charge in [-0.1, -0.05) is 0 Å². The average molecular weight is 497 g/mol. The number of sulfonamides is 1. The molecule has 3 rings (SSSR count). The zero-order valence-corrected chi connectivity index (χ0v) is 20.8. The Morgan fingerprint density at radius 2 is 1.97 bits per heavy atom. The van der Waals surface area contributed by atoms with Gasteiger partial charge in [-0.15, -0.1) is 11.3 Å². The summed E-state index contributed by atoms with van der Waals surface area (Å²) in [6.07, 6.45) is 3.91. The molecule has 0 spiro atoms. The Morgan fingerprint density at radius 3 is 2.58 bits per heavy atom. The van der Waals surface area contributed by atoms with Gasteiger partial charge >= 0.3 is 6.09 Å². The van der Waals surface area contributed by atoms with Crippen LogP contribution in [0.2, 0.25) is 0 Å². The molecule has 5 N–H and O–H groups in total. The lowest BCUT2D eigenvalue weighted by molar-refractivity contribution is 0.185. The number of amides is 1. The first-order chi connectivity index (χ1) is 15.5. The highest BCUT2D eigenvalue weighted by atomic mass is 32.2. The predicted octanol–water partition coefficient (Wildman–Crippen LogP) is 3.52. The van der Waals surface area contributed by atoms with Crippen molar-refractivity contribution in [3.8, 4) is 16.2 Å². The van der Waals surface area contributed by atoms with Crippen LogP contribution in [-0.2, 0) is 10.0 Å². The molecular formula is C22H32N4O5S2. The van der Waals surface area contributed by atoms with Gasteiger partial charge in [-0.25, -0.2) is 22.9 Å². The number of carbonyl (C=O) groups is 1. The van der Waals surface area contributed by atoms with Crippen molar-refractivity contribution in [3.05, 3.63) is 29.4 Å². The van der Waals surface area contributed by atoms with Gasteiger partial charge in [0, 0.05) is 41.9 Å². The van der Waals surface area contributed by atoms with Gasteiger partial charge in [0.2, 0.25) is 10.0 Å². The molecule has 1 amide bonds. The van der Waals surface area contributed by atoms with E-state index in [1.165, 1.54) is 17.4 Å². The van der Waals surface area contributed by atoms with Crippen molar-refractivity contribution in [2.45, 2.75) is 68.8 Å². The lowest BCUT2D eigenvalue weighted by Gasteiger charge is -2.27. The topological polar surface area (TPSA) is 144 Å². The Morgan fingerprint density at radius 1 is 1.27 bits per heavy atom. The molecule has 0 bridgehead atoms. The number of benzene rings is 1. The first-order valence-corrected chi connectivity index (χ1v) is 13.2. The van der Waals surface area contributed by atoms with E-state index in [1.807, 2.05) is 0 Å². The maximum atomic E-state index is 13.2. The number of aromatic nitrogens is 1. The van der Waals surface area contributed by atoms with E-state index in [9.17, 15) is 13.2 Å². The first kappa shape index (κ1) is 25.4. The third-order valence-corrected chi connectivity index (χ3v) is 8.25. The second-order valence-corrected chi connectivity index (χ2v) is 11.9. The maximum Gasteiger partial charge on any atom is 0.404 e. The summed E-state index contributed by atoms with van der Waals surface area (Å²) in [7, 11) is -3.82. The molecule has 1 fully saturated rings. The molecule has 2 aromatic rings. The monoisotopic (exact) mass is 496 g/mol. The molecule has 1 heterocycles. The van der Waals surface area contributed by atoms with E-state index in [0.29, 0.717) is 17.9 Å². The summed E-state index contributed by atoms with van der Waals surface area (Å²) in [5.74, 6) is 0.669. The minimum Gasteiger partial charge on any atom is -0.492 e. The van der Waals surface area contributed by atoms with Gasteiger partial charge in [-0.2, -0.15) is 0 Å². The van der Waals surface area contributed by atoms with Gasteiger partial charge in [0.25, 0.3) is 0 Å². The molecule has 33 heavy (non-hydrogen) atoms. The highest BCUT2D eigenvalue weighted by molar-refractivity contribution is 7.89. The molecule has 9 nitrogen and oxygen atoms in total. The number of hydrogen-bond acceptors (Lipinski definition) is 7. The zero-order valence-electron chi connectivity index (χ0n) is 19.1. The average Bonchev–Trinajstić information content (AvgIpc) is 3.20. The Labute approximate surface area is 198 Å². The van der Waals surface area contributed by atoms with E-state index in [1.54, 1.807) is 39.1 Å². The van der Waals surface area contributed by atoms with E-state index in [-0.39, 0.29) is 23.5 Å². The minimum absolute atomic E-state index is 0.0283. The quantitative estimate of drug-likeness (QED) is 0.438. The molecule has 1 aromatic heterocycles. The standard InChI is InChI=1S/C22H32N4O5S2/c1-22(2,3)26-33(29,30)19-12-16(31-11-10-23)8-9-17(19)18-13-24-20(32-18)14-4-6-15(7-5-14)25-21(27)28/h8-9,12-15,25-26H,4-7,10-11,23H2,1-3H3,(H,27,28). The second-order valence-electron chi connectivity index (χ2n) is 9.21. The normalized spacial score (nSPS) is 19.3. The summed E-state index contributed by atoms with van der Waals surface area (Å²) >= 11 is 1.48. The molecule has 0 aliphatic heterocycles. The third kappa shape index (κ3) is 6.89. The fourth-order valence-corrected chi connectivity index (χ4v) is 6.76. The minimum atomic E-state index is -3.82. The highest BCUT2D eigenvalue weighted by Crippen LogP contribution is 2.40. The van der Waals surface area contributed by atoms with Crippen molar-refractivity contribution in [1.29, 1.82) is 0 Å². The second kappa shape index (κ2) is 10.4. The van der Waals surface area contributed by atoms with Gasteiger partial charge in [0.15, 0.2) is 0 Å². The molecule has 11 heteroatoms. The lowest BCUT2D eigenvalue weighted by atomic mass is 9.86. The van der Waals surface area contributed by atoms with Crippen LogP contribution in [0.3, 0.4) is 0 Å². The van der Waals surface area contributed by atoms with Crippen LogP contribution in [0, 0.1) is 0 Å². The SMILES string of the molecule is CC(C)(C)NS(=O)(=O)c1cc(OCCN)ccc1-c1cnc(C2CCC(NC(=O)O)CC2)s1. The predicted molar refractivity (Wildman–Crippen MR) is 128 cm³/mol. The fourth-order valence-electron chi connectivity index (χ4n) is 3.91. The summed E-state index contributed by atoms with van der Waals surface area (Å²) in [5, 5.41) is 12.4. The number of thiazole rings is 1. The summed E-state index contributed by atoms with van der Waals surface area (Å²) in [4.78, 5) is 16.4. The van der Waals surface area contributed by atoms with E-state index < -0.39 is 21.7 Å². The smallest absolute Gasteiger partial charge is 0.404 e. The molecule has 1 saturated carbocycles. The van der Waals surface area contributed by atoms with Crippen LogP contribution in [-0.4, -0.2) is 49.3 Å². The zero-order chi connectivity index (χ0) is 24.2. The van der Waals surface area contributed by atoms with Gasteiger partial charge in [0.1, 0.15) is 12.4 Å². The number of nitrogens with two attached hydrogens (primary N) is 1. The van der Waals surface area contributed by atoms with E-state index in [2.05, 4.69) is 15.0 Å². The number of nitrogens with zero attached hydrogens (tertiary/aromatic N) is 1. The van der Waals surface area contributed by atoms with Crippen LogP contribution in [0.15, 0.2) is 29.3 Å². The molecule has 0 unspecified atom stereocenters. The van der Waals surface area contributed by atoms with E-state index in [4.69, 9.17) is 15.6 Å². The van der Waals surface area contributed by atoms with Crippen LogP contribution >= 0.6 is 11.3 Å². The van der Waals surface area contributed by atoms with Gasteiger partial charge < -0.3 is 20.9 Å². The van der Waals surface area contributed by atoms with Gasteiger partial charge in [-0.05, 0) is 58.6 Å². The third-order valence-electron chi connectivity index (χ3n) is 5.26. The number of carboxylic acid groups (broad SMARTS) is 1. The molecule has 0 saturated heterocycles. The van der Waals surface area contributed by atoms with Crippen molar-refractivity contribution in [2.75, 3.05) is 13.2 Å².